The second-order valence-corrected chi connectivity index (χ2v) is 5.29. The number of nitrogens with one attached hydrogen (secondary N) is 2. The number of H-pyrrole nitrogens is 1. The standard InChI is InChI=1S/C12H20N4O4/c1-12(2,20)6-16(3)11(19)15-9(10(17)18)4-8-5-13-7-14-8/h5,7,9,20H,4,6H2,1-3H3,(H,13,14)(H,15,19)(H,17,18). The molecule has 8 nitrogen and oxygen atoms in total. The molecule has 4 N–H and O–H groups in total. The van der Waals surface area contributed by atoms with E-state index in [1.54, 1.807) is 13.8 Å². The van der Waals surface area contributed by atoms with E-state index in [0.717, 1.165) is 0 Å². The van der Waals surface area contributed by atoms with Gasteiger partial charge < -0.3 is 25.4 Å². The van der Waals surface area contributed by atoms with E-state index in [-0.39, 0.29) is 13.0 Å². The van der Waals surface area contributed by atoms with Crippen molar-refractivity contribution in [3.8, 4) is 0 Å². The van der Waals surface area contributed by atoms with Gasteiger partial charge >= 0.3 is 12.0 Å². The van der Waals surface area contributed by atoms with Crippen LogP contribution in [-0.2, 0) is 11.2 Å². The fourth-order valence-electron chi connectivity index (χ4n) is 1.73. The van der Waals surface area contributed by atoms with Gasteiger partial charge in [0.1, 0.15) is 6.04 Å². The van der Waals surface area contributed by atoms with E-state index in [2.05, 4.69) is 15.3 Å². The lowest BCUT2D eigenvalue weighted by Crippen LogP contribution is -2.50. The lowest BCUT2D eigenvalue weighted by atomic mass is 10.1. The Morgan fingerprint density at radius 1 is 1.55 bits per heavy atom. The van der Waals surface area contributed by atoms with Gasteiger partial charge in [0.15, 0.2) is 0 Å². The summed E-state index contributed by atoms with van der Waals surface area (Å²) in [6.07, 6.45) is 3.05. The van der Waals surface area contributed by atoms with E-state index >= 15 is 0 Å². The Morgan fingerprint density at radius 3 is 2.65 bits per heavy atom. The zero-order chi connectivity index (χ0) is 15.3. The van der Waals surface area contributed by atoms with Gasteiger partial charge in [-0.1, -0.05) is 0 Å². The average molecular weight is 284 g/mol. The highest BCUT2D eigenvalue weighted by Gasteiger charge is 2.25. The number of aliphatic hydroxyl groups is 1. The molecular weight excluding hydrogens is 264 g/mol. The second-order valence-electron chi connectivity index (χ2n) is 5.29. The van der Waals surface area contributed by atoms with E-state index in [4.69, 9.17) is 5.11 Å². The highest BCUT2D eigenvalue weighted by Crippen LogP contribution is 2.04. The van der Waals surface area contributed by atoms with Crippen molar-refractivity contribution in [1.29, 1.82) is 0 Å². The van der Waals surface area contributed by atoms with Crippen LogP contribution in [0.4, 0.5) is 4.79 Å². The van der Waals surface area contributed by atoms with Crippen LogP contribution >= 0.6 is 0 Å². The van der Waals surface area contributed by atoms with Gasteiger partial charge in [-0.15, -0.1) is 0 Å². The first-order valence-corrected chi connectivity index (χ1v) is 6.13. The minimum absolute atomic E-state index is 0.0925. The number of hydrogen-bond acceptors (Lipinski definition) is 4. The molecule has 0 spiro atoms. The Bertz CT molecular complexity index is 453. The predicted molar refractivity (Wildman–Crippen MR) is 71.2 cm³/mol. The lowest BCUT2D eigenvalue weighted by Gasteiger charge is -2.27. The number of imidazole rings is 1. The number of amides is 2. The van der Waals surface area contributed by atoms with E-state index < -0.39 is 23.6 Å². The van der Waals surface area contributed by atoms with Crippen molar-refractivity contribution in [3.05, 3.63) is 18.2 Å². The number of aliphatic carboxylic acids is 1. The minimum atomic E-state index is -1.13. The number of urea groups is 1. The number of likely N-dealkylation sites (N-methyl/N-ethyl adjacent to an activating group) is 1. The van der Waals surface area contributed by atoms with Crippen molar-refractivity contribution in [2.45, 2.75) is 31.9 Å². The zero-order valence-electron chi connectivity index (χ0n) is 11.8. The molecule has 8 heteroatoms. The van der Waals surface area contributed by atoms with Crippen LogP contribution in [0.5, 0.6) is 0 Å². The number of nitrogens with zero attached hydrogens (tertiary/aromatic N) is 2. The topological polar surface area (TPSA) is 119 Å². The van der Waals surface area contributed by atoms with Crippen molar-refractivity contribution in [2.24, 2.45) is 0 Å². The number of rotatable bonds is 6. The smallest absolute Gasteiger partial charge is 0.326 e. The summed E-state index contributed by atoms with van der Waals surface area (Å²) in [5, 5.41) is 21.2. The molecule has 0 saturated heterocycles. The van der Waals surface area contributed by atoms with Crippen molar-refractivity contribution >= 4 is 12.0 Å². The fourth-order valence-corrected chi connectivity index (χ4v) is 1.73. The Hall–Kier alpha value is -2.09. The van der Waals surface area contributed by atoms with Crippen molar-refractivity contribution in [3.63, 3.8) is 0 Å². The van der Waals surface area contributed by atoms with Crippen molar-refractivity contribution in [2.75, 3.05) is 13.6 Å². The second kappa shape index (κ2) is 6.38. The summed E-state index contributed by atoms with van der Waals surface area (Å²) in [6, 6.07) is -1.62. The SMILES string of the molecule is CN(CC(C)(C)O)C(=O)NC(Cc1cnc[nH]1)C(=O)O. The molecule has 0 aromatic carbocycles. The van der Waals surface area contributed by atoms with Gasteiger partial charge in [-0.2, -0.15) is 0 Å². The zero-order valence-corrected chi connectivity index (χ0v) is 11.8. The number of carbonyl (C=O) groups excluding carboxylic acids is 1. The molecule has 0 fully saturated rings. The van der Waals surface area contributed by atoms with E-state index in [9.17, 15) is 14.7 Å². The minimum Gasteiger partial charge on any atom is -0.480 e. The van der Waals surface area contributed by atoms with Crippen LogP contribution in [0, 0.1) is 0 Å². The van der Waals surface area contributed by atoms with Crippen LogP contribution in [0.25, 0.3) is 0 Å². The first-order valence-electron chi connectivity index (χ1n) is 6.13. The quantitative estimate of drug-likeness (QED) is 0.578. The molecule has 1 atom stereocenters. The lowest BCUT2D eigenvalue weighted by molar-refractivity contribution is -0.139. The summed E-state index contributed by atoms with van der Waals surface area (Å²) in [6.45, 7) is 3.22. The molecule has 0 radical (unpaired) electrons. The molecule has 1 unspecified atom stereocenters. The molecule has 20 heavy (non-hydrogen) atoms. The van der Waals surface area contributed by atoms with Gasteiger partial charge in [-0.05, 0) is 13.8 Å². The monoisotopic (exact) mass is 284 g/mol. The number of aromatic nitrogens is 2. The van der Waals surface area contributed by atoms with Crippen molar-refractivity contribution in [1.82, 2.24) is 20.2 Å². The highest BCUT2D eigenvalue weighted by atomic mass is 16.4. The summed E-state index contributed by atoms with van der Waals surface area (Å²) < 4.78 is 0. The molecule has 0 aliphatic heterocycles. The molecule has 1 heterocycles. The first-order chi connectivity index (χ1) is 9.19. The third-order valence-electron chi connectivity index (χ3n) is 2.55. The molecular formula is C12H20N4O4. The number of carbonyl (C=O) groups is 2. The van der Waals surface area contributed by atoms with Gasteiger partial charge in [-0.25, -0.2) is 14.6 Å². The normalized spacial score (nSPS) is 12.8. The molecule has 1 aromatic rings. The summed E-state index contributed by atoms with van der Waals surface area (Å²) in [7, 11) is 1.49. The predicted octanol–water partition coefficient (Wildman–Crippen LogP) is -0.182. The van der Waals surface area contributed by atoms with Gasteiger partial charge in [0, 0.05) is 25.4 Å². The maximum atomic E-state index is 11.9. The van der Waals surface area contributed by atoms with Crippen LogP contribution in [-0.4, -0.2) is 62.3 Å². The third-order valence-corrected chi connectivity index (χ3v) is 2.55. The Kier molecular flexibility index (Phi) is 5.09. The van der Waals surface area contributed by atoms with Gasteiger partial charge in [0.2, 0.25) is 0 Å². The van der Waals surface area contributed by atoms with E-state index in [0.29, 0.717) is 5.69 Å². The molecule has 0 bridgehead atoms. The first kappa shape index (κ1) is 16.0. The van der Waals surface area contributed by atoms with E-state index in [1.807, 2.05) is 0 Å². The number of hydrogen-bond donors (Lipinski definition) is 4. The Labute approximate surface area is 116 Å². The highest BCUT2D eigenvalue weighted by molar-refractivity contribution is 5.82. The Morgan fingerprint density at radius 2 is 2.20 bits per heavy atom. The number of carboxylic acids is 1. The largest absolute Gasteiger partial charge is 0.480 e. The summed E-state index contributed by atoms with van der Waals surface area (Å²) in [5.74, 6) is -1.13. The maximum absolute atomic E-state index is 11.9. The number of aromatic amines is 1. The molecule has 0 aliphatic rings. The summed E-state index contributed by atoms with van der Waals surface area (Å²) in [5.41, 5.74) is -0.434. The summed E-state index contributed by atoms with van der Waals surface area (Å²) in [4.78, 5) is 30.8. The molecule has 0 saturated carbocycles. The summed E-state index contributed by atoms with van der Waals surface area (Å²) >= 11 is 0. The van der Waals surface area contributed by atoms with Crippen LogP contribution in [0.2, 0.25) is 0 Å². The molecule has 1 rings (SSSR count). The number of carboxylic acid groups (broad SMARTS) is 1. The van der Waals surface area contributed by atoms with Gasteiger partial charge in [-0.3, -0.25) is 0 Å². The molecule has 0 aliphatic carbocycles. The molecule has 2 amide bonds. The van der Waals surface area contributed by atoms with Crippen LogP contribution in [0.1, 0.15) is 19.5 Å². The van der Waals surface area contributed by atoms with Gasteiger partial charge in [0.05, 0.1) is 18.5 Å². The van der Waals surface area contributed by atoms with E-state index in [1.165, 1.54) is 24.5 Å². The fraction of sp³-hybridized carbons (Fsp3) is 0.583. The molecule has 112 valence electrons. The third kappa shape index (κ3) is 5.27. The average Bonchev–Trinajstić information content (AvgIpc) is 2.78. The maximum Gasteiger partial charge on any atom is 0.326 e. The van der Waals surface area contributed by atoms with Crippen LogP contribution in [0.15, 0.2) is 12.5 Å². The van der Waals surface area contributed by atoms with Crippen molar-refractivity contribution < 1.29 is 19.8 Å². The van der Waals surface area contributed by atoms with Gasteiger partial charge in [0.25, 0.3) is 0 Å². The Balaban J connectivity index is 2.61. The van der Waals surface area contributed by atoms with Crippen LogP contribution in [0.3, 0.4) is 0 Å². The molecule has 1 aromatic heterocycles. The van der Waals surface area contributed by atoms with Crippen LogP contribution < -0.4 is 5.32 Å².